The monoisotopic (exact) mass is 400 g/mol. The minimum atomic E-state index is -3.18. The van der Waals surface area contributed by atoms with Crippen LogP contribution in [0.5, 0.6) is 0 Å². The molecule has 150 valence electrons. The zero-order chi connectivity index (χ0) is 20.1. The summed E-state index contributed by atoms with van der Waals surface area (Å²) in [4.78, 5) is 12.6. The molecule has 3 rings (SSSR count). The van der Waals surface area contributed by atoms with Gasteiger partial charge in [-0.05, 0) is 73.4 Å². The predicted octanol–water partition coefficient (Wildman–Crippen LogP) is 3.15. The van der Waals surface area contributed by atoms with Gasteiger partial charge in [0.1, 0.15) is 0 Å². The van der Waals surface area contributed by atoms with Crippen molar-refractivity contribution in [2.75, 3.05) is 12.8 Å². The van der Waals surface area contributed by atoms with Crippen molar-refractivity contribution in [1.29, 1.82) is 0 Å². The van der Waals surface area contributed by atoms with E-state index < -0.39 is 10.0 Å². The molecule has 1 atom stereocenters. The summed E-state index contributed by atoms with van der Waals surface area (Å²) in [5.74, 6) is -0.106. The van der Waals surface area contributed by atoms with Gasteiger partial charge in [0.2, 0.25) is 10.0 Å². The number of rotatable bonds is 7. The van der Waals surface area contributed by atoms with E-state index in [1.807, 2.05) is 19.1 Å². The minimum Gasteiger partial charge on any atom is -0.346 e. The van der Waals surface area contributed by atoms with E-state index >= 15 is 0 Å². The molecular weight excluding hydrogens is 372 g/mol. The van der Waals surface area contributed by atoms with Crippen molar-refractivity contribution in [3.8, 4) is 0 Å². The van der Waals surface area contributed by atoms with Gasteiger partial charge in [-0.15, -0.1) is 0 Å². The number of fused-ring (bicyclic) bond motifs is 1. The van der Waals surface area contributed by atoms with Crippen LogP contribution in [-0.4, -0.2) is 27.1 Å². The molecule has 0 fully saturated rings. The van der Waals surface area contributed by atoms with Crippen molar-refractivity contribution in [2.45, 2.75) is 45.1 Å². The first kappa shape index (κ1) is 20.6. The fraction of sp³-hybridized carbons (Fsp3) is 0.409. The van der Waals surface area contributed by atoms with Gasteiger partial charge in [0.25, 0.3) is 5.91 Å². The summed E-state index contributed by atoms with van der Waals surface area (Å²) in [5.41, 5.74) is 5.57. The Labute approximate surface area is 167 Å². The van der Waals surface area contributed by atoms with E-state index in [2.05, 4.69) is 28.2 Å². The van der Waals surface area contributed by atoms with Crippen molar-refractivity contribution in [1.82, 2.24) is 10.0 Å². The molecule has 0 aliphatic heterocycles. The van der Waals surface area contributed by atoms with E-state index in [0.29, 0.717) is 18.5 Å². The number of amides is 1. The second-order valence-corrected chi connectivity index (χ2v) is 9.38. The molecule has 0 saturated heterocycles. The lowest BCUT2D eigenvalue weighted by atomic mass is 9.89. The summed E-state index contributed by atoms with van der Waals surface area (Å²) in [6, 6.07) is 13.8. The van der Waals surface area contributed by atoms with Crippen LogP contribution in [0.1, 0.15) is 58.4 Å². The number of carbonyl (C=O) groups excluding carboxylic acids is 1. The van der Waals surface area contributed by atoms with Crippen molar-refractivity contribution in [3.05, 3.63) is 70.3 Å². The Morgan fingerprint density at radius 1 is 1.04 bits per heavy atom. The number of hydrogen-bond acceptors (Lipinski definition) is 3. The first-order chi connectivity index (χ1) is 13.3. The molecule has 2 N–H and O–H groups in total. The lowest BCUT2D eigenvalue weighted by molar-refractivity contribution is 0.0940. The third kappa shape index (κ3) is 5.66. The van der Waals surface area contributed by atoms with Crippen LogP contribution in [-0.2, 0) is 29.3 Å². The van der Waals surface area contributed by atoms with Crippen LogP contribution in [0.15, 0.2) is 42.5 Å². The number of carbonyl (C=O) groups is 1. The normalized spacial score (nSPS) is 14.9. The maximum absolute atomic E-state index is 12.6. The summed E-state index contributed by atoms with van der Waals surface area (Å²) in [5, 5.41) is 3.07. The number of aryl methyl sites for hydroxylation is 2. The SMILES string of the molecule is CC(NC(=O)c1ccc(CCNS(C)(=O)=O)cc1)c1ccc2c(c1)CCCC2. The molecule has 28 heavy (non-hydrogen) atoms. The molecule has 1 unspecified atom stereocenters. The van der Waals surface area contributed by atoms with Crippen molar-refractivity contribution in [3.63, 3.8) is 0 Å². The molecule has 2 aromatic carbocycles. The maximum atomic E-state index is 12.6. The van der Waals surface area contributed by atoms with Crippen LogP contribution >= 0.6 is 0 Å². The zero-order valence-electron chi connectivity index (χ0n) is 16.5. The lowest BCUT2D eigenvalue weighted by Gasteiger charge is -2.20. The van der Waals surface area contributed by atoms with Gasteiger partial charge in [0.05, 0.1) is 12.3 Å². The Bertz CT molecular complexity index is 937. The minimum absolute atomic E-state index is 0.0571. The number of benzene rings is 2. The average molecular weight is 401 g/mol. The summed E-state index contributed by atoms with van der Waals surface area (Å²) < 4.78 is 24.7. The lowest BCUT2D eigenvalue weighted by Crippen LogP contribution is -2.27. The van der Waals surface area contributed by atoms with Gasteiger partial charge in [-0.25, -0.2) is 13.1 Å². The molecule has 5 nitrogen and oxygen atoms in total. The first-order valence-electron chi connectivity index (χ1n) is 9.78. The molecule has 0 spiro atoms. The fourth-order valence-corrected chi connectivity index (χ4v) is 4.06. The molecule has 6 heteroatoms. The standard InChI is InChI=1S/C22H28N2O3S/c1-16(20-12-11-18-5-3-4-6-21(18)15-20)24-22(25)19-9-7-17(8-10-19)13-14-23-28(2,26)27/h7-12,15-16,23H,3-6,13-14H2,1-2H3,(H,24,25). The molecule has 0 radical (unpaired) electrons. The van der Waals surface area contributed by atoms with Gasteiger partial charge in [-0.2, -0.15) is 0 Å². The van der Waals surface area contributed by atoms with Gasteiger partial charge in [0.15, 0.2) is 0 Å². The van der Waals surface area contributed by atoms with Crippen LogP contribution < -0.4 is 10.0 Å². The Morgan fingerprint density at radius 2 is 1.71 bits per heavy atom. The van der Waals surface area contributed by atoms with E-state index in [-0.39, 0.29) is 11.9 Å². The van der Waals surface area contributed by atoms with Crippen LogP contribution in [0.3, 0.4) is 0 Å². The predicted molar refractivity (Wildman–Crippen MR) is 112 cm³/mol. The molecule has 2 aromatic rings. The van der Waals surface area contributed by atoms with Crippen molar-refractivity contribution < 1.29 is 13.2 Å². The van der Waals surface area contributed by atoms with E-state index in [0.717, 1.165) is 30.2 Å². The van der Waals surface area contributed by atoms with E-state index in [1.165, 1.54) is 24.0 Å². The number of sulfonamides is 1. The maximum Gasteiger partial charge on any atom is 0.251 e. The molecule has 0 heterocycles. The van der Waals surface area contributed by atoms with Crippen molar-refractivity contribution >= 4 is 15.9 Å². The highest BCUT2D eigenvalue weighted by molar-refractivity contribution is 7.88. The summed E-state index contributed by atoms with van der Waals surface area (Å²) in [6.07, 6.45) is 6.51. The summed E-state index contributed by atoms with van der Waals surface area (Å²) in [6.45, 7) is 2.35. The Balaban J connectivity index is 1.58. The Hall–Kier alpha value is -2.18. The zero-order valence-corrected chi connectivity index (χ0v) is 17.3. The molecule has 0 aromatic heterocycles. The quantitative estimate of drug-likeness (QED) is 0.750. The van der Waals surface area contributed by atoms with Crippen molar-refractivity contribution in [2.24, 2.45) is 0 Å². The van der Waals surface area contributed by atoms with E-state index in [1.54, 1.807) is 12.1 Å². The van der Waals surface area contributed by atoms with E-state index in [9.17, 15) is 13.2 Å². The topological polar surface area (TPSA) is 75.3 Å². The Kier molecular flexibility index (Phi) is 6.52. The van der Waals surface area contributed by atoms with Gasteiger partial charge in [0, 0.05) is 12.1 Å². The highest BCUT2D eigenvalue weighted by Crippen LogP contribution is 2.25. The second kappa shape index (κ2) is 8.88. The summed E-state index contributed by atoms with van der Waals surface area (Å²) >= 11 is 0. The van der Waals surface area contributed by atoms with E-state index in [4.69, 9.17) is 0 Å². The highest BCUT2D eigenvalue weighted by Gasteiger charge is 2.15. The van der Waals surface area contributed by atoms with Crippen LogP contribution in [0, 0.1) is 0 Å². The smallest absolute Gasteiger partial charge is 0.251 e. The molecule has 1 aliphatic rings. The van der Waals surface area contributed by atoms with Crippen LogP contribution in [0.4, 0.5) is 0 Å². The van der Waals surface area contributed by atoms with Gasteiger partial charge >= 0.3 is 0 Å². The third-order valence-electron chi connectivity index (χ3n) is 5.21. The van der Waals surface area contributed by atoms with Crippen LogP contribution in [0.25, 0.3) is 0 Å². The summed E-state index contributed by atoms with van der Waals surface area (Å²) in [7, 11) is -3.18. The van der Waals surface area contributed by atoms with Gasteiger partial charge < -0.3 is 5.32 Å². The second-order valence-electron chi connectivity index (χ2n) is 7.54. The number of nitrogens with one attached hydrogen (secondary N) is 2. The molecular formula is C22H28N2O3S. The van der Waals surface area contributed by atoms with Crippen LogP contribution in [0.2, 0.25) is 0 Å². The third-order valence-corrected chi connectivity index (χ3v) is 5.94. The average Bonchev–Trinajstić information content (AvgIpc) is 2.67. The highest BCUT2D eigenvalue weighted by atomic mass is 32.2. The molecule has 1 aliphatic carbocycles. The molecule has 0 saturated carbocycles. The Morgan fingerprint density at radius 3 is 2.39 bits per heavy atom. The molecule has 1 amide bonds. The van der Waals surface area contributed by atoms with Gasteiger partial charge in [-0.3, -0.25) is 4.79 Å². The first-order valence-corrected chi connectivity index (χ1v) is 11.7. The largest absolute Gasteiger partial charge is 0.346 e. The molecule has 0 bridgehead atoms. The number of hydrogen-bond donors (Lipinski definition) is 2. The fourth-order valence-electron chi connectivity index (χ4n) is 3.59. The van der Waals surface area contributed by atoms with Gasteiger partial charge in [-0.1, -0.05) is 30.3 Å².